The van der Waals surface area contributed by atoms with Crippen molar-refractivity contribution in [2.75, 3.05) is 13.2 Å². The molecule has 0 radical (unpaired) electrons. The van der Waals surface area contributed by atoms with Crippen molar-refractivity contribution in [1.82, 2.24) is 0 Å². The third-order valence-corrected chi connectivity index (χ3v) is 7.15. The van der Waals surface area contributed by atoms with Crippen LogP contribution in [-0.2, 0) is 16.1 Å². The second-order valence-corrected chi connectivity index (χ2v) is 12.2. The average molecular weight is 489 g/mol. The van der Waals surface area contributed by atoms with E-state index in [1.807, 2.05) is 0 Å². The lowest BCUT2D eigenvalue weighted by Gasteiger charge is -2.26. The lowest BCUT2D eigenvalue weighted by Crippen LogP contribution is -2.26. The molecule has 2 unspecified atom stereocenters. The Morgan fingerprint density at radius 2 is 1.23 bits per heavy atom. The highest BCUT2D eigenvalue weighted by Crippen LogP contribution is 2.23. The highest BCUT2D eigenvalue weighted by Gasteiger charge is 2.19. The second kappa shape index (κ2) is 21.2. The third kappa shape index (κ3) is 21.0. The van der Waals surface area contributed by atoms with E-state index >= 15 is 0 Å². The summed E-state index contributed by atoms with van der Waals surface area (Å²) in [5, 5.41) is 0. The molecule has 0 fully saturated rings. The molecule has 0 saturated carbocycles. The molecule has 2 nitrogen and oxygen atoms in total. The first kappa shape index (κ1) is 32.2. The van der Waals surface area contributed by atoms with Gasteiger partial charge in [0, 0.05) is 6.61 Å². The minimum Gasteiger partial charge on any atom is -0.379 e. The number of unbranched alkanes of at least 4 members (excludes halogenated alkanes) is 12. The fourth-order valence-electron chi connectivity index (χ4n) is 4.70. The van der Waals surface area contributed by atoms with Gasteiger partial charge >= 0.3 is 0 Å². The molecule has 0 spiro atoms. The molecule has 2 atom stereocenters. The summed E-state index contributed by atoms with van der Waals surface area (Å²) in [5.41, 5.74) is 1.48. The zero-order chi connectivity index (χ0) is 25.6. The largest absolute Gasteiger partial charge is 0.379 e. The number of rotatable bonds is 23. The fraction of sp³-hybridized carbons (Fsp3) is 0.818. The summed E-state index contributed by atoms with van der Waals surface area (Å²) in [6.45, 7) is 13.8. The normalized spacial score (nSPS) is 13.7. The van der Waals surface area contributed by atoms with Crippen LogP contribution in [0.5, 0.6) is 0 Å². The zero-order valence-corrected chi connectivity index (χ0v) is 24.3. The van der Waals surface area contributed by atoms with Crippen LogP contribution in [0, 0.1) is 11.3 Å². The molecule has 0 aliphatic rings. The van der Waals surface area contributed by atoms with Crippen LogP contribution >= 0.6 is 0 Å². The highest BCUT2D eigenvalue weighted by molar-refractivity contribution is 5.13. The van der Waals surface area contributed by atoms with Crippen LogP contribution in [0.3, 0.4) is 0 Å². The molecule has 0 aromatic heterocycles. The fourth-order valence-corrected chi connectivity index (χ4v) is 4.70. The van der Waals surface area contributed by atoms with Crippen LogP contribution in [-0.4, -0.2) is 19.3 Å². The van der Waals surface area contributed by atoms with Crippen molar-refractivity contribution in [2.24, 2.45) is 11.3 Å². The molecular formula is C33H60O2. The Bertz CT molecular complexity index is 562. The maximum absolute atomic E-state index is 6.22. The Hall–Kier alpha value is -0.860. The van der Waals surface area contributed by atoms with Gasteiger partial charge in [-0.15, -0.1) is 0 Å². The minimum atomic E-state index is 0.167. The number of ether oxygens (including phenoxy) is 2. The van der Waals surface area contributed by atoms with Gasteiger partial charge < -0.3 is 9.47 Å². The molecule has 0 N–H and O–H groups in total. The molecule has 1 aromatic rings. The SMILES string of the molecule is CCC(C)CCCCCCCCCCCCCCCOCC(CC(C)(C)C)OCc1ccccc1. The van der Waals surface area contributed by atoms with Gasteiger partial charge in [-0.25, -0.2) is 0 Å². The van der Waals surface area contributed by atoms with Crippen molar-refractivity contribution in [3.63, 3.8) is 0 Å². The van der Waals surface area contributed by atoms with Crippen LogP contribution in [0.25, 0.3) is 0 Å². The Morgan fingerprint density at radius 3 is 1.74 bits per heavy atom. The van der Waals surface area contributed by atoms with Crippen LogP contribution in [0.4, 0.5) is 0 Å². The first-order valence-corrected chi connectivity index (χ1v) is 15.1. The molecular weight excluding hydrogens is 428 g/mol. The van der Waals surface area contributed by atoms with Gasteiger partial charge in [0.25, 0.3) is 0 Å². The molecule has 2 heteroatoms. The maximum Gasteiger partial charge on any atom is 0.0818 e. The van der Waals surface area contributed by atoms with E-state index in [0.717, 1.165) is 18.9 Å². The molecule has 0 heterocycles. The number of hydrogen-bond donors (Lipinski definition) is 0. The Balaban J connectivity index is 1.92. The predicted molar refractivity (Wildman–Crippen MR) is 154 cm³/mol. The van der Waals surface area contributed by atoms with Gasteiger partial charge in [0.15, 0.2) is 0 Å². The summed E-state index contributed by atoms with van der Waals surface area (Å²) in [5.74, 6) is 0.929. The quantitative estimate of drug-likeness (QED) is 0.143. The summed E-state index contributed by atoms with van der Waals surface area (Å²) in [6, 6.07) is 10.5. The smallest absolute Gasteiger partial charge is 0.0818 e. The monoisotopic (exact) mass is 488 g/mol. The first-order chi connectivity index (χ1) is 16.9. The van der Waals surface area contributed by atoms with Crippen LogP contribution in [0.2, 0.25) is 0 Å². The molecule has 0 bridgehead atoms. The van der Waals surface area contributed by atoms with Crippen molar-refractivity contribution in [2.45, 2.75) is 150 Å². The van der Waals surface area contributed by atoms with E-state index in [9.17, 15) is 0 Å². The van der Waals surface area contributed by atoms with Crippen molar-refractivity contribution in [3.05, 3.63) is 35.9 Å². The average Bonchev–Trinajstić information content (AvgIpc) is 2.83. The Labute approximate surface area is 220 Å². The van der Waals surface area contributed by atoms with E-state index in [2.05, 4.69) is 65.0 Å². The Morgan fingerprint density at radius 1 is 0.714 bits per heavy atom. The maximum atomic E-state index is 6.22. The van der Waals surface area contributed by atoms with Gasteiger partial charge in [0.1, 0.15) is 0 Å². The standard InChI is InChI=1S/C33H60O2/c1-6-30(2)23-19-16-14-12-10-8-7-9-11-13-15-17-22-26-34-29-32(27-33(3,4)5)35-28-31-24-20-18-21-25-31/h18,20-21,24-25,30,32H,6-17,19,22-23,26-29H2,1-5H3. The van der Waals surface area contributed by atoms with E-state index in [1.165, 1.54) is 102 Å². The van der Waals surface area contributed by atoms with E-state index in [0.29, 0.717) is 13.2 Å². The summed E-state index contributed by atoms with van der Waals surface area (Å²) in [4.78, 5) is 0. The molecule has 1 rings (SSSR count). The minimum absolute atomic E-state index is 0.167. The zero-order valence-electron chi connectivity index (χ0n) is 24.3. The van der Waals surface area contributed by atoms with Crippen molar-refractivity contribution in [1.29, 1.82) is 0 Å². The van der Waals surface area contributed by atoms with Crippen LogP contribution in [0.1, 0.15) is 143 Å². The van der Waals surface area contributed by atoms with E-state index in [4.69, 9.17) is 9.47 Å². The molecule has 0 amide bonds. The topological polar surface area (TPSA) is 18.5 Å². The summed E-state index contributed by atoms with van der Waals surface area (Å²) in [7, 11) is 0. The molecule has 0 saturated heterocycles. The molecule has 204 valence electrons. The Kier molecular flexibility index (Phi) is 19.5. The van der Waals surface area contributed by atoms with Gasteiger partial charge in [0.2, 0.25) is 0 Å². The van der Waals surface area contributed by atoms with Crippen molar-refractivity contribution in [3.8, 4) is 0 Å². The molecule has 0 aliphatic heterocycles. The first-order valence-electron chi connectivity index (χ1n) is 15.1. The van der Waals surface area contributed by atoms with E-state index in [1.54, 1.807) is 0 Å². The molecule has 1 aromatic carbocycles. The summed E-state index contributed by atoms with van der Waals surface area (Å²) < 4.78 is 12.2. The number of benzene rings is 1. The van der Waals surface area contributed by atoms with E-state index < -0.39 is 0 Å². The lowest BCUT2D eigenvalue weighted by atomic mass is 9.89. The molecule has 35 heavy (non-hydrogen) atoms. The van der Waals surface area contributed by atoms with Gasteiger partial charge in [-0.1, -0.05) is 155 Å². The lowest BCUT2D eigenvalue weighted by molar-refractivity contribution is -0.0430. The predicted octanol–water partition coefficient (Wildman–Crippen LogP) is 10.5. The van der Waals surface area contributed by atoms with Gasteiger partial charge in [-0.05, 0) is 29.7 Å². The number of hydrogen-bond acceptors (Lipinski definition) is 2. The van der Waals surface area contributed by atoms with Gasteiger partial charge in [-0.3, -0.25) is 0 Å². The van der Waals surface area contributed by atoms with Crippen molar-refractivity contribution < 1.29 is 9.47 Å². The highest BCUT2D eigenvalue weighted by atomic mass is 16.5. The van der Waals surface area contributed by atoms with E-state index in [-0.39, 0.29) is 11.5 Å². The van der Waals surface area contributed by atoms with Crippen molar-refractivity contribution >= 4 is 0 Å². The van der Waals surface area contributed by atoms with Crippen LogP contribution < -0.4 is 0 Å². The summed E-state index contributed by atoms with van der Waals surface area (Å²) in [6.07, 6.45) is 22.2. The second-order valence-electron chi connectivity index (χ2n) is 12.2. The third-order valence-electron chi connectivity index (χ3n) is 7.15. The summed E-state index contributed by atoms with van der Waals surface area (Å²) >= 11 is 0. The van der Waals surface area contributed by atoms with Gasteiger partial charge in [-0.2, -0.15) is 0 Å². The molecule has 0 aliphatic carbocycles. The van der Waals surface area contributed by atoms with Gasteiger partial charge in [0.05, 0.1) is 19.3 Å². The van der Waals surface area contributed by atoms with Crippen LogP contribution in [0.15, 0.2) is 30.3 Å².